The van der Waals surface area contributed by atoms with Gasteiger partial charge in [0.2, 0.25) is 11.8 Å². The molecule has 154 valence electrons. The average Bonchev–Trinajstić information content (AvgIpc) is 2.90. The van der Waals surface area contributed by atoms with Gasteiger partial charge in [-0.1, -0.05) is 0 Å². The highest BCUT2D eigenvalue weighted by Gasteiger charge is 2.38. The zero-order chi connectivity index (χ0) is 21.0. The fourth-order valence-electron chi connectivity index (χ4n) is 3.18. The zero-order valence-corrected chi connectivity index (χ0v) is 17.7. The van der Waals surface area contributed by atoms with Crippen molar-refractivity contribution in [1.82, 2.24) is 0 Å². The van der Waals surface area contributed by atoms with Gasteiger partial charge in [-0.25, -0.2) is 0 Å². The van der Waals surface area contributed by atoms with Gasteiger partial charge in [0.25, 0.3) is 0 Å². The van der Waals surface area contributed by atoms with Crippen molar-refractivity contribution in [3.63, 3.8) is 0 Å². The molecule has 0 saturated heterocycles. The highest BCUT2D eigenvalue weighted by molar-refractivity contribution is 7.91. The quantitative estimate of drug-likeness (QED) is 0.507. The van der Waals surface area contributed by atoms with Crippen LogP contribution in [-0.2, 0) is 26.2 Å². The molecule has 1 unspecified atom stereocenters. The molecule has 2 amide bonds. The third kappa shape index (κ3) is 5.10. The van der Waals surface area contributed by atoms with Crippen LogP contribution in [-0.4, -0.2) is 28.7 Å². The number of unbranched alkanes of at least 4 members (excludes halogenated alkanes) is 1. The van der Waals surface area contributed by atoms with Gasteiger partial charge in [0.1, 0.15) is 11.5 Å². The number of rotatable bonds is 8. The lowest BCUT2D eigenvalue weighted by Gasteiger charge is -2.16. The van der Waals surface area contributed by atoms with Crippen molar-refractivity contribution >= 4 is 34.4 Å². The van der Waals surface area contributed by atoms with Crippen molar-refractivity contribution in [2.24, 2.45) is 0 Å². The Morgan fingerprint density at radius 2 is 1.90 bits per heavy atom. The first kappa shape index (κ1) is 21.2. The lowest BCUT2D eigenvalue weighted by molar-refractivity contribution is -0.119. The normalized spacial score (nSPS) is 15.4. The van der Waals surface area contributed by atoms with E-state index in [1.807, 2.05) is 32.0 Å². The van der Waals surface area contributed by atoms with E-state index in [1.54, 1.807) is 24.3 Å². The summed E-state index contributed by atoms with van der Waals surface area (Å²) < 4.78 is 18.2. The molecular weight excluding hydrogens is 388 g/mol. The van der Waals surface area contributed by atoms with E-state index < -0.39 is 16.6 Å². The van der Waals surface area contributed by atoms with Crippen LogP contribution in [0.3, 0.4) is 0 Å². The van der Waals surface area contributed by atoms with Crippen molar-refractivity contribution in [2.75, 3.05) is 23.0 Å². The predicted molar refractivity (Wildman–Crippen MR) is 115 cm³/mol. The molecule has 7 heteroatoms. The fourth-order valence-corrected chi connectivity index (χ4v) is 4.32. The average molecular weight is 415 g/mol. The number of benzene rings is 2. The number of amides is 2. The summed E-state index contributed by atoms with van der Waals surface area (Å²) in [5.41, 5.74) is 1.93. The fraction of sp³-hybridized carbons (Fsp3) is 0.364. The van der Waals surface area contributed by atoms with E-state index in [0.717, 1.165) is 34.7 Å². The number of nitrogens with one attached hydrogen (secondary N) is 2. The second-order valence-electron chi connectivity index (χ2n) is 7.60. The van der Waals surface area contributed by atoms with Crippen molar-refractivity contribution < 1.29 is 18.9 Å². The molecule has 3 rings (SSSR count). The monoisotopic (exact) mass is 414 g/mol. The van der Waals surface area contributed by atoms with Gasteiger partial charge in [-0.05, 0) is 85.9 Å². The van der Waals surface area contributed by atoms with E-state index in [-0.39, 0.29) is 11.8 Å². The van der Waals surface area contributed by atoms with Gasteiger partial charge in [-0.3, -0.25) is 9.59 Å². The molecular formula is C22H26N2O4S. The largest absolute Gasteiger partial charge is 0.611 e. The second-order valence-corrected chi connectivity index (χ2v) is 9.17. The topological polar surface area (TPSA) is 90.5 Å². The Bertz CT molecular complexity index is 896. The number of carbonyl (C=O) groups excluding carboxylic acids is 2. The Morgan fingerprint density at radius 3 is 2.59 bits per heavy atom. The van der Waals surface area contributed by atoms with Crippen molar-refractivity contribution in [1.29, 1.82) is 0 Å². The van der Waals surface area contributed by atoms with Crippen LogP contribution in [0.2, 0.25) is 0 Å². The summed E-state index contributed by atoms with van der Waals surface area (Å²) in [4.78, 5) is 23.8. The smallest absolute Gasteiger partial charge is 0.234 e. The van der Waals surface area contributed by atoms with Crippen molar-refractivity contribution in [3.8, 4) is 5.75 Å². The van der Waals surface area contributed by atoms with E-state index in [4.69, 9.17) is 4.74 Å². The minimum atomic E-state index is -1.08. The Hall–Kier alpha value is -2.51. The van der Waals surface area contributed by atoms with Crippen LogP contribution in [0, 0.1) is 0 Å². The highest BCUT2D eigenvalue weighted by atomic mass is 32.2. The lowest BCUT2D eigenvalue weighted by Crippen LogP contribution is -2.26. The van der Waals surface area contributed by atoms with Gasteiger partial charge < -0.3 is 19.9 Å². The van der Waals surface area contributed by atoms with Crippen LogP contribution in [0.5, 0.6) is 5.75 Å². The minimum Gasteiger partial charge on any atom is -0.611 e. The van der Waals surface area contributed by atoms with Crippen molar-refractivity contribution in [3.05, 3.63) is 48.0 Å². The number of hydrogen-bond acceptors (Lipinski definition) is 4. The molecule has 1 aliphatic heterocycles. The molecule has 1 atom stereocenters. The molecule has 0 fully saturated rings. The maximum absolute atomic E-state index is 12.4. The van der Waals surface area contributed by atoms with E-state index in [0.29, 0.717) is 18.0 Å². The Labute approximate surface area is 174 Å². The van der Waals surface area contributed by atoms with Gasteiger partial charge in [0, 0.05) is 18.3 Å². The first-order chi connectivity index (χ1) is 13.8. The molecule has 0 radical (unpaired) electrons. The molecule has 0 aromatic heterocycles. The number of fused-ring (bicyclic) bond motifs is 1. The summed E-state index contributed by atoms with van der Waals surface area (Å²) in [6, 6.07) is 12.7. The van der Waals surface area contributed by atoms with E-state index in [9.17, 15) is 14.1 Å². The standard InChI is InChI=1S/C22H26N2O4S/c1-15(25)23-16-6-9-18(10-7-16)29(27)13-5-4-12-28-17-8-11-20-19(14-17)22(2,3)21(26)24-20/h6-11,14H,4-5,12-13H2,1-3H3,(H,23,25)(H,24,26). The maximum Gasteiger partial charge on any atom is 0.234 e. The van der Waals surface area contributed by atoms with Gasteiger partial charge in [0.05, 0.1) is 12.0 Å². The Balaban J connectivity index is 1.43. The van der Waals surface area contributed by atoms with Gasteiger partial charge >= 0.3 is 0 Å². The third-order valence-corrected chi connectivity index (χ3v) is 6.37. The highest BCUT2D eigenvalue weighted by Crippen LogP contribution is 2.39. The molecule has 2 N–H and O–H groups in total. The number of anilines is 2. The van der Waals surface area contributed by atoms with E-state index >= 15 is 0 Å². The summed E-state index contributed by atoms with van der Waals surface area (Å²) in [6.07, 6.45) is 1.56. The van der Waals surface area contributed by atoms with Crippen LogP contribution in [0.4, 0.5) is 11.4 Å². The molecule has 0 bridgehead atoms. The first-order valence-electron chi connectivity index (χ1n) is 9.62. The van der Waals surface area contributed by atoms with Crippen LogP contribution >= 0.6 is 0 Å². The van der Waals surface area contributed by atoms with Crippen LogP contribution in [0.1, 0.15) is 39.2 Å². The van der Waals surface area contributed by atoms with Gasteiger partial charge in [0.15, 0.2) is 4.90 Å². The number of hydrogen-bond donors (Lipinski definition) is 2. The van der Waals surface area contributed by atoms with E-state index in [2.05, 4.69) is 10.6 Å². The van der Waals surface area contributed by atoms with E-state index in [1.165, 1.54) is 6.92 Å². The molecule has 1 aliphatic rings. The maximum atomic E-state index is 12.4. The summed E-state index contributed by atoms with van der Waals surface area (Å²) >= 11 is -1.08. The number of carbonyl (C=O) groups is 2. The summed E-state index contributed by atoms with van der Waals surface area (Å²) in [5, 5.41) is 5.58. The van der Waals surface area contributed by atoms with Crippen LogP contribution in [0.15, 0.2) is 47.4 Å². The molecule has 6 nitrogen and oxygen atoms in total. The summed E-state index contributed by atoms with van der Waals surface area (Å²) in [6.45, 7) is 5.78. The van der Waals surface area contributed by atoms with Crippen molar-refractivity contribution in [2.45, 2.75) is 43.9 Å². The molecule has 0 aliphatic carbocycles. The van der Waals surface area contributed by atoms with Crippen LogP contribution < -0.4 is 15.4 Å². The Kier molecular flexibility index (Phi) is 6.49. The van der Waals surface area contributed by atoms with Gasteiger partial charge in [-0.15, -0.1) is 0 Å². The zero-order valence-electron chi connectivity index (χ0n) is 16.9. The van der Waals surface area contributed by atoms with Gasteiger partial charge in [-0.2, -0.15) is 0 Å². The molecule has 29 heavy (non-hydrogen) atoms. The predicted octanol–water partition coefficient (Wildman–Crippen LogP) is 3.84. The molecule has 0 saturated carbocycles. The molecule has 2 aromatic rings. The van der Waals surface area contributed by atoms with Crippen LogP contribution in [0.25, 0.3) is 0 Å². The number of ether oxygens (including phenoxy) is 1. The summed E-state index contributed by atoms with van der Waals surface area (Å²) in [5.74, 6) is 1.16. The Morgan fingerprint density at radius 1 is 1.17 bits per heavy atom. The SMILES string of the molecule is CC(=O)Nc1ccc([S+]([O-])CCCCOc2ccc3c(c2)C(C)(C)C(=O)N3)cc1. The molecule has 0 spiro atoms. The minimum absolute atomic E-state index is 0.00256. The lowest BCUT2D eigenvalue weighted by atomic mass is 9.86. The molecule has 2 aromatic carbocycles. The first-order valence-corrected chi connectivity index (χ1v) is 10.9. The molecule has 1 heterocycles. The summed E-state index contributed by atoms with van der Waals surface area (Å²) in [7, 11) is 0. The third-order valence-electron chi connectivity index (χ3n) is 4.91. The second kappa shape index (κ2) is 8.88.